The van der Waals surface area contributed by atoms with Gasteiger partial charge in [0, 0.05) is 36.0 Å². The number of nitrogens with zero attached hydrogens (tertiary/aromatic N) is 3. The van der Waals surface area contributed by atoms with Gasteiger partial charge in [-0.1, -0.05) is 41.5 Å². The van der Waals surface area contributed by atoms with Gasteiger partial charge in [0.15, 0.2) is 0 Å². The number of alkyl halides is 3. The molecule has 0 bridgehead atoms. The van der Waals surface area contributed by atoms with E-state index in [2.05, 4.69) is 56.8 Å². The average molecular weight is 644 g/mol. The number of nitrogen functional groups attached to an aromatic ring is 1. The Morgan fingerprint density at radius 2 is 1.31 bits per heavy atom. The van der Waals surface area contributed by atoms with Crippen LogP contribution >= 0.6 is 0 Å². The Labute approximate surface area is 259 Å². The molecule has 3 heterocycles. The van der Waals surface area contributed by atoms with Crippen LogP contribution in [-0.2, 0) is 6.18 Å². The molecule has 4 rings (SSSR count). The van der Waals surface area contributed by atoms with Gasteiger partial charge in [-0.2, -0.15) is 13.2 Å². The Bertz CT molecular complexity index is 1380. The van der Waals surface area contributed by atoms with E-state index in [1.165, 1.54) is 30.6 Å². The number of benzene rings is 1. The number of anilines is 3. The van der Waals surface area contributed by atoms with Gasteiger partial charge in [0.1, 0.15) is 17.3 Å². The molecule has 11 nitrogen and oxygen atoms in total. The van der Waals surface area contributed by atoms with Crippen molar-refractivity contribution in [3.8, 4) is 0 Å². The summed E-state index contributed by atoms with van der Waals surface area (Å²) in [4.78, 5) is 25.3. The second-order valence-electron chi connectivity index (χ2n) is 10.2. The van der Waals surface area contributed by atoms with Gasteiger partial charge in [-0.3, -0.25) is 0 Å². The van der Waals surface area contributed by atoms with Crippen LogP contribution in [0.2, 0.25) is 0 Å². The number of carboxylic acid groups (broad SMARTS) is 4. The molecule has 0 amide bonds. The zero-order chi connectivity index (χ0) is 35.3. The van der Waals surface area contributed by atoms with Crippen molar-refractivity contribution in [3.63, 3.8) is 0 Å². The van der Waals surface area contributed by atoms with E-state index in [0.29, 0.717) is 17.2 Å². The minimum Gasteiger partial charge on any atom is -0.450 e. The van der Waals surface area contributed by atoms with Crippen molar-refractivity contribution in [3.05, 3.63) is 84.2 Å². The second-order valence-corrected chi connectivity index (χ2v) is 10.2. The third-order valence-electron chi connectivity index (χ3n) is 3.80. The molecular formula is C30H41F4N5O6. The van der Waals surface area contributed by atoms with Crippen molar-refractivity contribution in [1.82, 2.24) is 14.4 Å². The van der Waals surface area contributed by atoms with Crippen molar-refractivity contribution in [2.75, 3.05) is 11.1 Å². The van der Waals surface area contributed by atoms with Gasteiger partial charge >= 0.3 is 18.5 Å². The first-order chi connectivity index (χ1) is 20.6. The second kappa shape index (κ2) is 21.6. The Balaban J connectivity index is 0. The highest BCUT2D eigenvalue weighted by atomic mass is 19.4. The van der Waals surface area contributed by atoms with Crippen LogP contribution in [0.25, 0.3) is 5.65 Å². The van der Waals surface area contributed by atoms with Gasteiger partial charge in [0.05, 0.1) is 11.3 Å². The predicted octanol–water partition coefficient (Wildman–Crippen LogP) is 8.98. The SMILES string of the molecule is CC(C)C.CC(C)C.Cc1cn2cc(F)ccc2n1.Nc1ccnc(Nc2ccc(C(F)(F)F)cc2)c1.O=C(O)O.O=C(O)O. The van der Waals surface area contributed by atoms with Crippen LogP contribution < -0.4 is 11.1 Å². The standard InChI is InChI=1S/C12H10F3N3.C8H7FN2.2C4H10.2CH2O3/c13-12(14,15)8-1-3-10(4-2-8)18-11-7-9(16)5-6-17-11;1-6-4-11-5-7(9)2-3-8(11)10-6;2*1-4(2)3;2*2-1(3)4/h1-7H,(H3,16,17,18);2-5H,1H3;2*4H,1-3H3;2*(H2,2,3,4). The molecule has 45 heavy (non-hydrogen) atoms. The fourth-order valence-corrected chi connectivity index (χ4v) is 2.50. The van der Waals surface area contributed by atoms with E-state index in [-0.39, 0.29) is 5.82 Å². The first kappa shape index (κ1) is 42.1. The van der Waals surface area contributed by atoms with Crippen LogP contribution in [-0.4, -0.2) is 47.1 Å². The number of pyridine rings is 2. The number of nitrogens with two attached hydrogens (primary N) is 1. The first-order valence-corrected chi connectivity index (χ1v) is 13.2. The quantitative estimate of drug-likeness (QED) is 0.115. The van der Waals surface area contributed by atoms with Gasteiger partial charge in [-0.15, -0.1) is 0 Å². The molecule has 0 saturated carbocycles. The smallest absolute Gasteiger partial charge is 0.450 e. The number of halogens is 4. The Hall–Kier alpha value is -5.08. The fourth-order valence-electron chi connectivity index (χ4n) is 2.50. The van der Waals surface area contributed by atoms with Gasteiger partial charge < -0.3 is 35.9 Å². The van der Waals surface area contributed by atoms with Gasteiger partial charge in [-0.25, -0.2) is 23.9 Å². The number of carbonyl (C=O) groups is 2. The van der Waals surface area contributed by atoms with Crippen LogP contribution in [0.15, 0.2) is 67.1 Å². The maximum Gasteiger partial charge on any atom is 0.503 e. The highest BCUT2D eigenvalue weighted by Gasteiger charge is 2.29. The molecule has 250 valence electrons. The number of aromatic nitrogens is 3. The lowest BCUT2D eigenvalue weighted by molar-refractivity contribution is -0.137. The van der Waals surface area contributed by atoms with Crippen molar-refractivity contribution in [2.45, 2.75) is 54.6 Å². The number of imidazole rings is 1. The highest BCUT2D eigenvalue weighted by Crippen LogP contribution is 2.30. The zero-order valence-electron chi connectivity index (χ0n) is 26.0. The van der Waals surface area contributed by atoms with E-state index in [4.69, 9.17) is 35.7 Å². The summed E-state index contributed by atoms with van der Waals surface area (Å²) in [5.41, 5.74) is 7.60. The molecule has 7 N–H and O–H groups in total. The first-order valence-electron chi connectivity index (χ1n) is 13.2. The largest absolute Gasteiger partial charge is 0.503 e. The van der Waals surface area contributed by atoms with Gasteiger partial charge in [0.2, 0.25) is 0 Å². The monoisotopic (exact) mass is 643 g/mol. The van der Waals surface area contributed by atoms with E-state index in [9.17, 15) is 17.6 Å². The van der Waals surface area contributed by atoms with Crippen molar-refractivity contribution in [2.24, 2.45) is 11.8 Å². The number of nitrogens with one attached hydrogen (secondary N) is 1. The Morgan fingerprint density at radius 3 is 1.73 bits per heavy atom. The maximum atomic E-state index is 12.6. The topological polar surface area (TPSA) is 183 Å². The number of hydrogen-bond donors (Lipinski definition) is 6. The molecule has 0 radical (unpaired) electrons. The number of aryl methyl sites for hydroxylation is 1. The van der Waals surface area contributed by atoms with E-state index in [1.54, 1.807) is 28.8 Å². The molecular weight excluding hydrogens is 602 g/mol. The molecule has 0 aliphatic heterocycles. The summed E-state index contributed by atoms with van der Waals surface area (Å²) < 4.78 is 51.3. The number of hydrogen-bond acceptors (Lipinski definition) is 6. The summed E-state index contributed by atoms with van der Waals surface area (Å²) in [6.45, 7) is 14.9. The summed E-state index contributed by atoms with van der Waals surface area (Å²) >= 11 is 0. The van der Waals surface area contributed by atoms with Crippen molar-refractivity contribution < 1.29 is 47.6 Å². The van der Waals surface area contributed by atoms with Crippen molar-refractivity contribution >= 4 is 35.2 Å². The van der Waals surface area contributed by atoms with Crippen LogP contribution in [0, 0.1) is 24.6 Å². The van der Waals surface area contributed by atoms with E-state index >= 15 is 0 Å². The molecule has 0 atom stereocenters. The lowest BCUT2D eigenvalue weighted by atomic mass is 10.2. The lowest BCUT2D eigenvalue weighted by Crippen LogP contribution is -2.04. The minimum absolute atomic E-state index is 0.241. The predicted molar refractivity (Wildman–Crippen MR) is 166 cm³/mol. The number of fused-ring (bicyclic) bond motifs is 1. The molecule has 3 aromatic heterocycles. The average Bonchev–Trinajstić information content (AvgIpc) is 3.22. The molecule has 0 aliphatic carbocycles. The Kier molecular flexibility index (Phi) is 20.2. The molecule has 0 unspecified atom stereocenters. The number of rotatable bonds is 2. The van der Waals surface area contributed by atoms with Crippen LogP contribution in [0.4, 0.5) is 44.3 Å². The van der Waals surface area contributed by atoms with Gasteiger partial charge in [0.25, 0.3) is 0 Å². The summed E-state index contributed by atoms with van der Waals surface area (Å²) in [5, 5.41) is 30.8. The normalized spacial score (nSPS) is 9.80. The lowest BCUT2D eigenvalue weighted by Gasteiger charge is -2.09. The molecule has 1 aromatic carbocycles. The maximum absolute atomic E-state index is 12.6. The fraction of sp³-hybridized carbons (Fsp3) is 0.333. The summed E-state index contributed by atoms with van der Waals surface area (Å²) in [6.07, 6.45) is -3.27. The Morgan fingerprint density at radius 1 is 0.844 bits per heavy atom. The third kappa shape index (κ3) is 25.2. The molecule has 0 fully saturated rings. The molecule has 0 spiro atoms. The minimum atomic E-state index is -4.33. The van der Waals surface area contributed by atoms with Crippen LogP contribution in [0.3, 0.4) is 0 Å². The molecule has 0 aliphatic rings. The third-order valence-corrected chi connectivity index (χ3v) is 3.80. The zero-order valence-corrected chi connectivity index (χ0v) is 26.0. The molecule has 15 heteroatoms. The van der Waals surface area contributed by atoms with Crippen LogP contribution in [0.1, 0.15) is 52.8 Å². The van der Waals surface area contributed by atoms with Crippen molar-refractivity contribution in [1.29, 1.82) is 0 Å². The summed E-state index contributed by atoms with van der Waals surface area (Å²) in [6, 6.07) is 11.0. The summed E-state index contributed by atoms with van der Waals surface area (Å²) in [5.74, 6) is 1.91. The summed E-state index contributed by atoms with van der Waals surface area (Å²) in [7, 11) is 0. The molecule has 4 aromatic rings. The van der Waals surface area contributed by atoms with Gasteiger partial charge in [-0.05, 0) is 61.2 Å². The highest BCUT2D eigenvalue weighted by molar-refractivity contribution is 5.59. The van der Waals surface area contributed by atoms with E-state index < -0.39 is 24.1 Å². The van der Waals surface area contributed by atoms with E-state index in [1.807, 2.05) is 6.92 Å². The molecule has 0 saturated heterocycles. The van der Waals surface area contributed by atoms with Crippen LogP contribution in [0.5, 0.6) is 0 Å². The van der Waals surface area contributed by atoms with E-state index in [0.717, 1.165) is 35.3 Å².